The van der Waals surface area contributed by atoms with E-state index in [2.05, 4.69) is 58.6 Å². The molecule has 9 nitrogen and oxygen atoms in total. The third-order valence-electron chi connectivity index (χ3n) is 7.65. The van der Waals surface area contributed by atoms with Gasteiger partial charge in [0.1, 0.15) is 17.7 Å². The molecule has 1 aliphatic rings. The van der Waals surface area contributed by atoms with Crippen molar-refractivity contribution in [3.8, 4) is 0 Å². The normalized spacial score (nSPS) is 19.5. The quantitative estimate of drug-likeness (QED) is 0.329. The van der Waals surface area contributed by atoms with Crippen molar-refractivity contribution in [1.29, 1.82) is 0 Å². The van der Waals surface area contributed by atoms with Gasteiger partial charge in [-0.3, -0.25) is 14.5 Å². The van der Waals surface area contributed by atoms with Crippen molar-refractivity contribution in [3.05, 3.63) is 83.6 Å². The summed E-state index contributed by atoms with van der Waals surface area (Å²) in [7, 11) is 0. The van der Waals surface area contributed by atoms with Gasteiger partial charge in [-0.2, -0.15) is 5.10 Å². The highest BCUT2D eigenvalue weighted by Gasteiger charge is 2.29. The van der Waals surface area contributed by atoms with E-state index in [-0.39, 0.29) is 17.9 Å². The number of rotatable bonds is 6. The van der Waals surface area contributed by atoms with Crippen LogP contribution in [0.2, 0.25) is 0 Å². The number of benzene rings is 2. The predicted octanol–water partition coefficient (Wildman–Crippen LogP) is 4.29. The number of H-pyrrole nitrogens is 1. The van der Waals surface area contributed by atoms with E-state index in [0.29, 0.717) is 44.0 Å². The average molecular weight is 556 g/mol. The fourth-order valence-corrected chi connectivity index (χ4v) is 5.67. The first-order valence-corrected chi connectivity index (χ1v) is 14.7. The van der Waals surface area contributed by atoms with Crippen molar-refractivity contribution in [1.82, 2.24) is 35.3 Å². The third-order valence-corrected chi connectivity index (χ3v) is 7.65. The molecule has 2 aromatic carbocycles. The third kappa shape index (κ3) is 7.41. The van der Waals surface area contributed by atoms with Crippen molar-refractivity contribution < 1.29 is 9.59 Å². The zero-order chi connectivity index (χ0) is 28.8. The molecule has 4 aromatic rings. The summed E-state index contributed by atoms with van der Waals surface area (Å²) in [6.07, 6.45) is 4.08. The molecule has 1 aliphatic heterocycles. The molecule has 2 atom stereocenters. The van der Waals surface area contributed by atoms with Crippen LogP contribution in [0, 0.1) is 12.8 Å². The van der Waals surface area contributed by atoms with Crippen molar-refractivity contribution >= 4 is 22.7 Å². The van der Waals surface area contributed by atoms with Gasteiger partial charge in [0.25, 0.3) is 0 Å². The smallest absolute Gasteiger partial charge is 0.243 e. The highest BCUT2D eigenvalue weighted by atomic mass is 16.2. The van der Waals surface area contributed by atoms with Crippen molar-refractivity contribution in [2.45, 2.75) is 71.6 Å². The number of aromatic nitrogens is 4. The van der Waals surface area contributed by atoms with Crippen LogP contribution in [0.15, 0.2) is 60.8 Å². The van der Waals surface area contributed by atoms with Gasteiger partial charge in [0.2, 0.25) is 11.8 Å². The minimum atomic E-state index is -0.711. The summed E-state index contributed by atoms with van der Waals surface area (Å²) in [5, 5.41) is 12.1. The van der Waals surface area contributed by atoms with Gasteiger partial charge >= 0.3 is 0 Å². The van der Waals surface area contributed by atoms with Gasteiger partial charge in [0.15, 0.2) is 0 Å². The Labute approximate surface area is 241 Å². The molecule has 3 heterocycles. The van der Waals surface area contributed by atoms with Crippen LogP contribution in [0.1, 0.15) is 61.9 Å². The van der Waals surface area contributed by atoms with Crippen LogP contribution in [0.25, 0.3) is 10.9 Å². The first kappa shape index (κ1) is 28.5. The number of para-hydroxylation sites is 1. The molecule has 2 amide bonds. The lowest BCUT2D eigenvalue weighted by Gasteiger charge is -2.27. The maximum absolute atomic E-state index is 13.9. The van der Waals surface area contributed by atoms with E-state index in [0.717, 1.165) is 41.9 Å². The van der Waals surface area contributed by atoms with E-state index >= 15 is 0 Å². The van der Waals surface area contributed by atoms with Gasteiger partial charge in [0, 0.05) is 43.0 Å². The average Bonchev–Trinajstić information content (AvgIpc) is 3.53. The molecule has 0 saturated carbocycles. The second kappa shape index (κ2) is 13.1. The molecule has 216 valence electrons. The number of hydrogen-bond donors (Lipinski definition) is 3. The zero-order valence-electron chi connectivity index (χ0n) is 24.3. The molecule has 0 saturated heterocycles. The van der Waals surface area contributed by atoms with Crippen molar-refractivity contribution in [2.75, 3.05) is 13.1 Å². The maximum atomic E-state index is 13.9. The molecule has 41 heavy (non-hydrogen) atoms. The number of carbonyl (C=O) groups is 2. The fraction of sp³-hybridized carbons (Fsp3) is 0.438. The maximum Gasteiger partial charge on any atom is 0.243 e. The summed E-state index contributed by atoms with van der Waals surface area (Å²) >= 11 is 0. The summed E-state index contributed by atoms with van der Waals surface area (Å²) in [4.78, 5) is 37.5. The van der Waals surface area contributed by atoms with Crippen LogP contribution in [0.4, 0.5) is 0 Å². The molecule has 0 aliphatic carbocycles. The van der Waals surface area contributed by atoms with Crippen LogP contribution < -0.4 is 10.6 Å². The molecule has 0 fully saturated rings. The Kier molecular flexibility index (Phi) is 9.14. The Bertz CT molecular complexity index is 1460. The molecule has 5 rings (SSSR count). The van der Waals surface area contributed by atoms with Gasteiger partial charge < -0.3 is 15.6 Å². The molecule has 0 unspecified atom stereocenters. The Morgan fingerprint density at radius 2 is 1.73 bits per heavy atom. The van der Waals surface area contributed by atoms with E-state index in [1.807, 2.05) is 48.1 Å². The number of fused-ring (bicyclic) bond motifs is 2. The van der Waals surface area contributed by atoms with Crippen LogP contribution in [0.3, 0.4) is 0 Å². The number of amides is 2. The number of aromatic amines is 1. The first-order valence-electron chi connectivity index (χ1n) is 14.7. The number of carbonyl (C=O) groups excluding carboxylic acids is 2. The van der Waals surface area contributed by atoms with Gasteiger partial charge in [-0.05, 0) is 49.4 Å². The van der Waals surface area contributed by atoms with Crippen LogP contribution >= 0.6 is 0 Å². The van der Waals surface area contributed by atoms with Gasteiger partial charge in [-0.1, -0.05) is 62.4 Å². The molecule has 2 aromatic heterocycles. The molecule has 0 radical (unpaired) electrons. The van der Waals surface area contributed by atoms with Crippen LogP contribution in [-0.2, 0) is 29.1 Å². The number of nitrogens with one attached hydrogen (secondary N) is 3. The minimum absolute atomic E-state index is 0.110. The summed E-state index contributed by atoms with van der Waals surface area (Å²) in [5.41, 5.74) is 3.24. The van der Waals surface area contributed by atoms with E-state index in [1.165, 1.54) is 5.56 Å². The second-order valence-electron chi connectivity index (χ2n) is 11.5. The molecule has 3 N–H and O–H groups in total. The highest BCUT2D eigenvalue weighted by molar-refractivity contribution is 5.89. The van der Waals surface area contributed by atoms with E-state index < -0.39 is 6.04 Å². The van der Waals surface area contributed by atoms with Gasteiger partial charge in [-0.25, -0.2) is 9.67 Å². The van der Waals surface area contributed by atoms with Crippen molar-refractivity contribution in [2.24, 2.45) is 5.92 Å². The number of nitrogens with zero attached hydrogens (tertiary/aromatic N) is 4. The van der Waals surface area contributed by atoms with Crippen LogP contribution in [0.5, 0.6) is 0 Å². The van der Waals surface area contributed by atoms with Gasteiger partial charge in [0.05, 0.1) is 12.6 Å². The molecular weight excluding hydrogens is 514 g/mol. The molecule has 9 heteroatoms. The summed E-state index contributed by atoms with van der Waals surface area (Å²) < 4.78 is 1.96. The zero-order valence-corrected chi connectivity index (χ0v) is 24.3. The Hall–Kier alpha value is -3.98. The Balaban J connectivity index is 1.44. The fourth-order valence-electron chi connectivity index (χ4n) is 5.67. The lowest BCUT2D eigenvalue weighted by atomic mass is 10.0. The summed E-state index contributed by atoms with van der Waals surface area (Å²) in [5.74, 6) is 1.45. The SMILES string of the molecule is Cc1nc2n(n1)CCN(Cc1ccccc1)CCCC(=O)N[C@H](Cc1c[nH]c3ccccc13)C(=O)N[C@H]2CC(C)C. The molecule has 0 bridgehead atoms. The second-order valence-corrected chi connectivity index (χ2v) is 11.5. The topological polar surface area (TPSA) is 108 Å². The monoisotopic (exact) mass is 555 g/mol. The van der Waals surface area contributed by atoms with E-state index in [9.17, 15) is 9.59 Å². The minimum Gasteiger partial charge on any atom is -0.361 e. The number of aryl methyl sites for hydroxylation is 1. The Morgan fingerprint density at radius 1 is 0.951 bits per heavy atom. The largest absolute Gasteiger partial charge is 0.361 e. The lowest BCUT2D eigenvalue weighted by Crippen LogP contribution is -2.49. The van der Waals surface area contributed by atoms with E-state index in [4.69, 9.17) is 10.1 Å². The van der Waals surface area contributed by atoms with E-state index in [1.54, 1.807) is 0 Å². The van der Waals surface area contributed by atoms with Crippen molar-refractivity contribution in [3.63, 3.8) is 0 Å². The highest BCUT2D eigenvalue weighted by Crippen LogP contribution is 2.23. The summed E-state index contributed by atoms with van der Waals surface area (Å²) in [6.45, 7) is 9.14. The van der Waals surface area contributed by atoms with Crippen LogP contribution in [-0.4, -0.2) is 55.6 Å². The number of hydrogen-bond acceptors (Lipinski definition) is 5. The predicted molar refractivity (Wildman–Crippen MR) is 160 cm³/mol. The first-order chi connectivity index (χ1) is 19.9. The summed E-state index contributed by atoms with van der Waals surface area (Å²) in [6, 6.07) is 17.4. The Morgan fingerprint density at radius 3 is 2.54 bits per heavy atom. The molecule has 0 spiro atoms. The molecular formula is C32H41N7O2. The lowest BCUT2D eigenvalue weighted by molar-refractivity contribution is -0.129. The standard InChI is InChI=1S/C32H41N7O2/c1-22(2)18-28-31-34-23(3)37-39(31)17-16-38(21-24-10-5-4-6-11-24)15-9-14-30(40)35-29(32(41)36-28)19-25-20-33-27-13-8-7-12-26(25)27/h4-8,10-13,20,22,28-29,33H,9,14-19,21H2,1-3H3,(H,35,40)(H,36,41)/t28-,29+/m0/s1. The van der Waals surface area contributed by atoms with Gasteiger partial charge in [-0.15, -0.1) is 0 Å².